The molecule has 0 amide bonds. The van der Waals surface area contributed by atoms with Gasteiger partial charge in [-0.25, -0.2) is 0 Å². The summed E-state index contributed by atoms with van der Waals surface area (Å²) < 4.78 is 0. The van der Waals surface area contributed by atoms with Crippen molar-refractivity contribution >= 4 is 22.7 Å². The van der Waals surface area contributed by atoms with Gasteiger partial charge in [0.1, 0.15) is 0 Å². The molecule has 0 fully saturated rings. The Hall–Kier alpha value is -1.95. The van der Waals surface area contributed by atoms with Crippen molar-refractivity contribution < 1.29 is 4.89 Å². The second-order valence-corrected chi connectivity index (χ2v) is 15.1. The van der Waals surface area contributed by atoms with Gasteiger partial charge >= 0.3 is 195 Å². The third kappa shape index (κ3) is 7.53. The van der Waals surface area contributed by atoms with Crippen molar-refractivity contribution in [1.29, 1.82) is 0 Å². The summed E-state index contributed by atoms with van der Waals surface area (Å²) in [6, 6.07) is 31.4. The van der Waals surface area contributed by atoms with Crippen LogP contribution < -0.4 is 15.9 Å². The van der Waals surface area contributed by atoms with E-state index in [4.69, 9.17) is 0 Å². The van der Waals surface area contributed by atoms with Crippen LogP contribution >= 0.6 is 6.83 Å². The summed E-state index contributed by atoms with van der Waals surface area (Å²) in [6.07, 6.45) is 19.6. The third-order valence-corrected chi connectivity index (χ3v) is 13.3. The molecule has 0 radical (unpaired) electrons. The first-order valence-electron chi connectivity index (χ1n) is 14.6. The molecular weight excluding hydrogens is 455 g/mol. The second kappa shape index (κ2) is 15.3. The molecule has 36 heavy (non-hydrogen) atoms. The van der Waals surface area contributed by atoms with Crippen LogP contribution in [0.25, 0.3) is 0 Å². The Morgan fingerprint density at radius 1 is 0.417 bits per heavy atom. The van der Waals surface area contributed by atoms with E-state index in [-0.39, 0.29) is 0 Å². The van der Waals surface area contributed by atoms with E-state index in [2.05, 4.69) is 79.7 Å². The van der Waals surface area contributed by atoms with Gasteiger partial charge in [-0.1, -0.05) is 26.2 Å². The van der Waals surface area contributed by atoms with Crippen molar-refractivity contribution in [3.8, 4) is 0 Å². The monoisotopic (exact) mass is 504 g/mol. The second-order valence-electron chi connectivity index (χ2n) is 10.6. The molecule has 3 aromatic carbocycles. The molecule has 3 aromatic rings. The summed E-state index contributed by atoms with van der Waals surface area (Å²) >= 11 is 0. The Morgan fingerprint density at radius 3 is 1.00 bits per heavy atom. The summed E-state index contributed by atoms with van der Waals surface area (Å²) in [4.78, 5) is 13.1. The van der Waals surface area contributed by atoms with Crippen LogP contribution in [0.4, 0.5) is 0 Å². The minimum absolute atomic E-state index is 0.807. The van der Waals surface area contributed by atoms with Crippen molar-refractivity contribution in [2.75, 3.05) is 6.16 Å². The molecule has 1 N–H and O–H groups in total. The van der Waals surface area contributed by atoms with E-state index in [1.165, 1.54) is 83.5 Å². The van der Waals surface area contributed by atoms with Crippen molar-refractivity contribution in [3.63, 3.8) is 0 Å². The van der Waals surface area contributed by atoms with E-state index in [9.17, 15) is 4.89 Å². The van der Waals surface area contributed by atoms with Gasteiger partial charge in [-0.15, -0.1) is 0 Å². The molecule has 1 nitrogen and oxygen atoms in total. The maximum absolute atomic E-state index is 13.1. The Kier molecular flexibility index (Phi) is 12.2. The van der Waals surface area contributed by atoms with Crippen molar-refractivity contribution in [3.05, 3.63) is 91.0 Å². The van der Waals surface area contributed by atoms with Crippen LogP contribution in [0.2, 0.25) is 0 Å². The van der Waals surface area contributed by atoms with E-state index in [1.54, 1.807) is 0 Å². The Labute approximate surface area is 221 Å². The normalized spacial score (nSPS) is 12.8. The van der Waals surface area contributed by atoms with E-state index < -0.39 is 6.83 Å². The summed E-state index contributed by atoms with van der Waals surface area (Å²) in [5.41, 5.74) is 0. The van der Waals surface area contributed by atoms with Crippen molar-refractivity contribution in [2.45, 2.75) is 96.8 Å². The molecule has 0 saturated carbocycles. The quantitative estimate of drug-likeness (QED) is 0.135. The molecule has 0 aliphatic rings. The standard InChI is InChI=1S/C34H49OP/c1-2-3-4-5-6-7-8-9-10-11-12-13-14-24-31-36(35,32-25-18-15-19-26-32,33-27-20-16-21-28-33)34-29-22-17-23-30-34/h15-23,25-30,35H,2-14,24,31H2,1H3. The molecule has 0 atom stereocenters. The Bertz CT molecular complexity index is 855. The summed E-state index contributed by atoms with van der Waals surface area (Å²) in [5.74, 6) is 0. The first kappa shape index (κ1) is 28.6. The SMILES string of the molecule is CCCCCCCCCCCCCCCCP(O)(c1ccccc1)(c1ccccc1)c1ccccc1. The van der Waals surface area contributed by atoms with Gasteiger partial charge in [0.25, 0.3) is 0 Å². The first-order chi connectivity index (χ1) is 17.7. The molecule has 0 heterocycles. The summed E-state index contributed by atoms with van der Waals surface area (Å²) in [7, 11) is 0. The molecule has 196 valence electrons. The predicted octanol–water partition coefficient (Wildman–Crippen LogP) is 8.90. The van der Waals surface area contributed by atoms with E-state index in [0.717, 1.165) is 28.5 Å². The summed E-state index contributed by atoms with van der Waals surface area (Å²) in [6.45, 7) is -1.25. The molecular formula is C34H49OP. The predicted molar refractivity (Wildman–Crippen MR) is 163 cm³/mol. The van der Waals surface area contributed by atoms with Crippen molar-refractivity contribution in [2.24, 2.45) is 0 Å². The summed E-state index contributed by atoms with van der Waals surface area (Å²) in [5, 5.41) is 3.24. The first-order valence-corrected chi connectivity index (χ1v) is 17.0. The minimum atomic E-state index is -3.54. The van der Waals surface area contributed by atoms with Gasteiger partial charge in [0, 0.05) is 0 Å². The molecule has 0 spiro atoms. The fourth-order valence-electron chi connectivity index (χ4n) is 5.70. The van der Waals surface area contributed by atoms with Gasteiger partial charge in [0.15, 0.2) is 0 Å². The molecule has 0 aromatic heterocycles. The van der Waals surface area contributed by atoms with Crippen molar-refractivity contribution in [1.82, 2.24) is 0 Å². The number of rotatable bonds is 18. The van der Waals surface area contributed by atoms with Crippen LogP contribution in [-0.4, -0.2) is 11.1 Å². The average Bonchev–Trinajstić information content (AvgIpc) is 2.94. The molecule has 0 saturated heterocycles. The fourth-order valence-corrected chi connectivity index (χ4v) is 10.6. The average molecular weight is 505 g/mol. The molecule has 0 aliphatic heterocycles. The van der Waals surface area contributed by atoms with Gasteiger partial charge in [-0.05, 0) is 0 Å². The number of unbranched alkanes of at least 4 members (excludes halogenated alkanes) is 13. The van der Waals surface area contributed by atoms with E-state index >= 15 is 0 Å². The van der Waals surface area contributed by atoms with Crippen LogP contribution in [-0.2, 0) is 0 Å². The van der Waals surface area contributed by atoms with Gasteiger partial charge in [-0.2, -0.15) is 0 Å². The maximum atomic E-state index is 13.1. The third-order valence-electron chi connectivity index (χ3n) is 7.88. The van der Waals surface area contributed by atoms with Gasteiger partial charge < -0.3 is 0 Å². The van der Waals surface area contributed by atoms with Crippen LogP contribution in [0.15, 0.2) is 91.0 Å². The van der Waals surface area contributed by atoms with E-state index in [1.807, 2.05) is 18.2 Å². The zero-order valence-electron chi connectivity index (χ0n) is 22.7. The zero-order valence-corrected chi connectivity index (χ0v) is 23.6. The Balaban J connectivity index is 1.55. The molecule has 0 aliphatic carbocycles. The van der Waals surface area contributed by atoms with E-state index in [0.29, 0.717) is 0 Å². The van der Waals surface area contributed by atoms with Crippen LogP contribution in [0, 0.1) is 0 Å². The number of hydrogen-bond acceptors (Lipinski definition) is 1. The fraction of sp³-hybridized carbons (Fsp3) is 0.471. The molecule has 0 bridgehead atoms. The topological polar surface area (TPSA) is 20.2 Å². The molecule has 2 heteroatoms. The molecule has 0 unspecified atom stereocenters. The van der Waals surface area contributed by atoms with Crippen LogP contribution in [0.5, 0.6) is 0 Å². The van der Waals surface area contributed by atoms with Crippen LogP contribution in [0.1, 0.15) is 96.8 Å². The van der Waals surface area contributed by atoms with Crippen LogP contribution in [0.3, 0.4) is 0 Å². The van der Waals surface area contributed by atoms with Gasteiger partial charge in [0.05, 0.1) is 0 Å². The number of benzene rings is 3. The Morgan fingerprint density at radius 2 is 0.694 bits per heavy atom. The molecule has 3 rings (SSSR count). The van der Waals surface area contributed by atoms with Gasteiger partial charge in [-0.3, -0.25) is 0 Å². The number of hydrogen-bond donors (Lipinski definition) is 1. The zero-order chi connectivity index (χ0) is 25.4. The van der Waals surface area contributed by atoms with Gasteiger partial charge in [0.2, 0.25) is 0 Å².